The van der Waals surface area contributed by atoms with E-state index in [-0.39, 0.29) is 20.4 Å². The van der Waals surface area contributed by atoms with E-state index in [2.05, 4.69) is 10.2 Å². The SMILES string of the molecule is C[SiH].[Re].[Rf]. The Kier molecular flexibility index (Phi) is 7250. The average molecular weight is 497 g/mol. The summed E-state index contributed by atoms with van der Waals surface area (Å²) in [4.78, 5) is 0. The number of hydrogen-bond donors (Lipinski definition) is 0. The van der Waals surface area contributed by atoms with Crippen LogP contribution in [0.15, 0.2) is 0 Å². The summed E-state index contributed by atoms with van der Waals surface area (Å²) >= 11 is 0. The molecule has 0 unspecified atom stereocenters. The Morgan fingerprint density at radius 2 is 1.25 bits per heavy atom. The van der Waals surface area contributed by atoms with Gasteiger partial charge in [0.25, 0.3) is 0 Å². The minimum atomic E-state index is 0. The van der Waals surface area contributed by atoms with Gasteiger partial charge in [-0.3, -0.25) is 0 Å². The van der Waals surface area contributed by atoms with E-state index in [1.807, 2.05) is 6.55 Å². The zero-order valence-electron chi connectivity index (χ0n) is 2.66. The Morgan fingerprint density at radius 1 is 1.25 bits per heavy atom. The average Bonchev–Trinajstić information content (AvgIpc) is 1.00. The molecule has 4 heavy (non-hydrogen) atoms. The standard InChI is InChI=1S/CH4Si.Re.Rf/c1-2;;/h2H,1H3;;. The van der Waals surface area contributed by atoms with Crippen LogP contribution in [0.25, 0.3) is 0 Å². The first kappa shape index (κ1) is 41.6. The molecule has 0 saturated heterocycles. The Morgan fingerprint density at radius 3 is 1.25 bits per heavy atom. The van der Waals surface area contributed by atoms with Crippen molar-refractivity contribution in [1.82, 2.24) is 0 Å². The second kappa shape index (κ2) is 697. The van der Waals surface area contributed by atoms with Gasteiger partial charge in [-0.2, -0.15) is 0 Å². The van der Waals surface area contributed by atoms with Crippen LogP contribution in [0, 0.1) is 0 Å². The molecule has 0 aliphatic rings. The molecule has 3 radical (unpaired) electrons. The van der Waals surface area contributed by atoms with Crippen molar-refractivity contribution in [3.8, 4) is 0 Å². The Bertz CT molecular complexity index is 8.00. The minimum absolute atomic E-state index is 0. The molecule has 0 rings (SSSR count). The molecule has 0 heterocycles. The molecule has 21 valence electrons. The van der Waals surface area contributed by atoms with Crippen molar-refractivity contribution in [3.63, 3.8) is 0 Å². The van der Waals surface area contributed by atoms with Crippen LogP contribution in [-0.2, 0) is 20.4 Å². The molecule has 0 bridgehead atoms. The van der Waals surface area contributed by atoms with E-state index in [0.717, 1.165) is 0 Å². The number of hydrogen-bond acceptors (Lipinski definition) is 0. The molecule has 0 aliphatic heterocycles. The molecule has 0 nitrogen and oxygen atoms in total. The third kappa shape index (κ3) is 99.6. The molecule has 0 spiro atoms. The van der Waals surface area contributed by atoms with Gasteiger partial charge in [-0.1, -0.05) is 6.55 Å². The van der Waals surface area contributed by atoms with Gasteiger partial charge in [-0.15, -0.1) is 0 Å². The summed E-state index contributed by atoms with van der Waals surface area (Å²) in [5, 5.41) is 0. The van der Waals surface area contributed by atoms with Gasteiger partial charge in [-0.05, 0) is 0 Å². The molecule has 3 heteroatoms. The molecule has 0 N–H and O–H groups in total. The summed E-state index contributed by atoms with van der Waals surface area (Å²) in [6.07, 6.45) is 0. The quantitative estimate of drug-likeness (QED) is 0.412. The summed E-state index contributed by atoms with van der Waals surface area (Å²) in [6.45, 7) is 1.92. The monoisotopic (exact) mass is 498 g/mol. The molecule has 0 saturated carbocycles. The van der Waals surface area contributed by atoms with Gasteiger partial charge in [0.15, 0.2) is 0 Å². The van der Waals surface area contributed by atoms with Crippen LogP contribution in [0.3, 0.4) is 0 Å². The first-order valence-electron chi connectivity index (χ1n) is 0.577. The van der Waals surface area contributed by atoms with Gasteiger partial charge in [-0.25, -0.2) is 0 Å². The van der Waals surface area contributed by atoms with Gasteiger partial charge >= 0.3 is 0 Å². The molecule has 0 aliphatic carbocycles. The van der Waals surface area contributed by atoms with Crippen molar-refractivity contribution in [1.29, 1.82) is 0 Å². The van der Waals surface area contributed by atoms with Crippen molar-refractivity contribution in [2.45, 2.75) is 6.55 Å². The molecule has 0 fully saturated rings. The van der Waals surface area contributed by atoms with Crippen LogP contribution in [0.5, 0.6) is 0 Å². The third-order valence-corrected chi connectivity index (χ3v) is 0. The molecular formula is CH4ReRfSi. The Labute approximate surface area is 37.7 Å². The molecule has 0 aromatic carbocycles. The second-order valence-corrected chi connectivity index (χ2v) is 0. The van der Waals surface area contributed by atoms with Crippen LogP contribution in [0.2, 0.25) is 6.55 Å². The first-order chi connectivity index (χ1) is 1.00. The molecular weight excluding hydrogens is 493 g/mol. The zero-order chi connectivity index (χ0) is 2.00. The molecule has 0 aromatic heterocycles. The third-order valence-electron chi connectivity index (χ3n) is 0. The summed E-state index contributed by atoms with van der Waals surface area (Å²) < 4.78 is 0. The topological polar surface area (TPSA) is 0 Å². The largest absolute Gasteiger partial charge is 0.0765 e. The van der Waals surface area contributed by atoms with Gasteiger partial charge in [0, 0.05) is 30.7 Å². The maximum absolute atomic E-state index is 2.42. The van der Waals surface area contributed by atoms with Crippen LogP contribution in [0.1, 0.15) is 0 Å². The van der Waals surface area contributed by atoms with Gasteiger partial charge in [0.05, 0.1) is 0 Å². The fraction of sp³-hybridized carbons (Fsp3) is 1.00. The van der Waals surface area contributed by atoms with E-state index in [0.29, 0.717) is 0 Å². The molecule has 0 aromatic rings. The fourth-order valence-corrected chi connectivity index (χ4v) is 0. The smallest absolute Gasteiger partial charge is 0.0108 e. The van der Waals surface area contributed by atoms with Gasteiger partial charge in [0.2, 0.25) is 0 Å². The van der Waals surface area contributed by atoms with E-state index in [1.54, 1.807) is 0 Å². The van der Waals surface area contributed by atoms with Crippen LogP contribution in [-0.4, -0.2) is 10.2 Å². The molecule has 0 amide bonds. The van der Waals surface area contributed by atoms with E-state index in [9.17, 15) is 0 Å². The predicted octanol–water partition coefficient (Wildman–Crippen LogP) is -0.0672. The van der Waals surface area contributed by atoms with Gasteiger partial charge in [0.1, 0.15) is 0 Å². The summed E-state index contributed by atoms with van der Waals surface area (Å²) in [7, 11) is 2.42. The van der Waals surface area contributed by atoms with E-state index >= 15 is 0 Å². The zero-order valence-corrected chi connectivity index (χ0v) is 12.9. The van der Waals surface area contributed by atoms with Crippen LogP contribution < -0.4 is 0 Å². The van der Waals surface area contributed by atoms with Gasteiger partial charge < -0.3 is 0 Å². The van der Waals surface area contributed by atoms with Crippen molar-refractivity contribution < 1.29 is 20.4 Å². The maximum atomic E-state index is 2.42. The minimum Gasteiger partial charge on any atom is -0.0765 e. The predicted molar refractivity (Wildman–Crippen MR) is 13.0 cm³/mol. The second-order valence-electron chi connectivity index (χ2n) is 0. The van der Waals surface area contributed by atoms with Crippen molar-refractivity contribution in [3.05, 3.63) is 0 Å². The van der Waals surface area contributed by atoms with E-state index in [4.69, 9.17) is 0 Å². The van der Waals surface area contributed by atoms with Crippen LogP contribution in [0.4, 0.5) is 0 Å². The summed E-state index contributed by atoms with van der Waals surface area (Å²) in [5.41, 5.74) is 0. The summed E-state index contributed by atoms with van der Waals surface area (Å²) in [6, 6.07) is 0. The van der Waals surface area contributed by atoms with Crippen molar-refractivity contribution >= 4 is 10.2 Å². The van der Waals surface area contributed by atoms with E-state index in [1.165, 1.54) is 0 Å². The first-order valence-corrected chi connectivity index (χ1v) is 1.73. The normalized spacial score (nSPS) is 1.50. The fourth-order valence-electron chi connectivity index (χ4n) is 0. The van der Waals surface area contributed by atoms with Crippen molar-refractivity contribution in [2.75, 3.05) is 0 Å². The number of rotatable bonds is 0. The van der Waals surface area contributed by atoms with E-state index < -0.39 is 0 Å². The maximum Gasteiger partial charge on any atom is 0.0108 e. The van der Waals surface area contributed by atoms with Crippen molar-refractivity contribution in [2.24, 2.45) is 0 Å². The summed E-state index contributed by atoms with van der Waals surface area (Å²) in [5.74, 6) is 0. The Hall–Kier alpha value is -0.121. The van der Waals surface area contributed by atoms with Crippen LogP contribution >= 0.6 is 0 Å². The molecule has 0 atom stereocenters. The Balaban J connectivity index is -0.00000000500.